The van der Waals surface area contributed by atoms with Crippen LogP contribution in [-0.2, 0) is 9.53 Å². The van der Waals surface area contributed by atoms with Gasteiger partial charge < -0.3 is 15.0 Å². The first-order chi connectivity index (χ1) is 11.0. The molecule has 2 rings (SSSR count). The number of aromatic nitrogens is 1. The highest BCUT2D eigenvalue weighted by Gasteiger charge is 2.29. The summed E-state index contributed by atoms with van der Waals surface area (Å²) < 4.78 is 4.97. The predicted molar refractivity (Wildman–Crippen MR) is 80.8 cm³/mol. The van der Waals surface area contributed by atoms with Crippen molar-refractivity contribution in [2.75, 3.05) is 25.0 Å². The van der Waals surface area contributed by atoms with Crippen LogP contribution in [0.1, 0.15) is 19.8 Å². The number of urea groups is 1. The van der Waals surface area contributed by atoms with Gasteiger partial charge >= 0.3 is 17.7 Å². The molecule has 0 bridgehead atoms. The van der Waals surface area contributed by atoms with Crippen molar-refractivity contribution in [3.05, 3.63) is 28.6 Å². The molecule has 0 spiro atoms. The van der Waals surface area contributed by atoms with E-state index in [1.807, 2.05) is 0 Å². The van der Waals surface area contributed by atoms with Crippen LogP contribution in [0.15, 0.2) is 18.5 Å². The molecule has 1 fully saturated rings. The van der Waals surface area contributed by atoms with E-state index in [0.717, 1.165) is 6.20 Å². The number of piperidine rings is 1. The molecule has 0 atom stereocenters. The summed E-state index contributed by atoms with van der Waals surface area (Å²) in [5.74, 6) is -0.438. The Morgan fingerprint density at radius 2 is 2.17 bits per heavy atom. The van der Waals surface area contributed by atoms with Gasteiger partial charge in [-0.25, -0.2) is 4.79 Å². The van der Waals surface area contributed by atoms with Gasteiger partial charge in [-0.1, -0.05) is 0 Å². The molecule has 2 heterocycles. The van der Waals surface area contributed by atoms with Gasteiger partial charge in [0.2, 0.25) is 0 Å². The van der Waals surface area contributed by atoms with Gasteiger partial charge in [-0.05, 0) is 25.8 Å². The second kappa shape index (κ2) is 7.52. The zero-order chi connectivity index (χ0) is 16.8. The Labute approximate surface area is 132 Å². The molecule has 1 aromatic rings. The number of carbonyl (C=O) groups is 2. The summed E-state index contributed by atoms with van der Waals surface area (Å²) in [4.78, 5) is 39.4. The van der Waals surface area contributed by atoms with Gasteiger partial charge in [0.1, 0.15) is 11.9 Å². The number of hydrogen-bond acceptors (Lipinski definition) is 6. The van der Waals surface area contributed by atoms with Crippen LogP contribution in [0.5, 0.6) is 0 Å². The topological polar surface area (TPSA) is 115 Å². The molecule has 2 amide bonds. The Morgan fingerprint density at radius 3 is 2.78 bits per heavy atom. The van der Waals surface area contributed by atoms with Gasteiger partial charge in [0.25, 0.3) is 0 Å². The molecule has 124 valence electrons. The van der Waals surface area contributed by atoms with Crippen LogP contribution in [-0.4, -0.2) is 46.5 Å². The number of rotatable bonds is 4. The number of hydrogen-bond donors (Lipinski definition) is 1. The number of anilines is 1. The highest BCUT2D eigenvalue weighted by Crippen LogP contribution is 2.24. The fourth-order valence-corrected chi connectivity index (χ4v) is 2.41. The third-order valence-corrected chi connectivity index (χ3v) is 3.64. The highest BCUT2D eigenvalue weighted by molar-refractivity contribution is 5.91. The molecule has 1 N–H and O–H groups in total. The number of likely N-dealkylation sites (tertiary alicyclic amines) is 1. The van der Waals surface area contributed by atoms with Crippen molar-refractivity contribution < 1.29 is 19.2 Å². The SMILES string of the molecule is CCOC(=O)C1CCN(C(=O)Nc2ccncc2[N+](=O)[O-])CC1. The van der Waals surface area contributed by atoms with Crippen LogP contribution in [0.3, 0.4) is 0 Å². The molecule has 0 unspecified atom stereocenters. The van der Waals surface area contributed by atoms with Crippen molar-refractivity contribution in [3.63, 3.8) is 0 Å². The summed E-state index contributed by atoms with van der Waals surface area (Å²) in [6.45, 7) is 2.88. The zero-order valence-electron chi connectivity index (χ0n) is 12.7. The van der Waals surface area contributed by atoms with Gasteiger partial charge in [0.05, 0.1) is 17.4 Å². The molecule has 1 aromatic heterocycles. The van der Waals surface area contributed by atoms with Crippen LogP contribution in [0, 0.1) is 16.0 Å². The molecular weight excluding hydrogens is 304 g/mol. The Kier molecular flexibility index (Phi) is 5.45. The number of esters is 1. The van der Waals surface area contributed by atoms with Crippen LogP contribution in [0.2, 0.25) is 0 Å². The first-order valence-corrected chi connectivity index (χ1v) is 7.34. The second-order valence-corrected chi connectivity index (χ2v) is 5.09. The van der Waals surface area contributed by atoms with E-state index in [2.05, 4.69) is 10.3 Å². The molecule has 0 aliphatic carbocycles. The molecule has 1 saturated heterocycles. The summed E-state index contributed by atoms with van der Waals surface area (Å²) in [6, 6.07) is 0.947. The van der Waals surface area contributed by atoms with Crippen molar-refractivity contribution in [1.82, 2.24) is 9.88 Å². The van der Waals surface area contributed by atoms with E-state index in [0.29, 0.717) is 32.5 Å². The monoisotopic (exact) mass is 322 g/mol. The van der Waals surface area contributed by atoms with E-state index in [4.69, 9.17) is 4.74 Å². The summed E-state index contributed by atoms with van der Waals surface area (Å²) in [5.41, 5.74) is -0.162. The highest BCUT2D eigenvalue weighted by atomic mass is 16.6. The lowest BCUT2D eigenvalue weighted by molar-refractivity contribution is -0.384. The van der Waals surface area contributed by atoms with Gasteiger partial charge in [0.15, 0.2) is 0 Å². The fraction of sp³-hybridized carbons (Fsp3) is 0.500. The summed E-state index contributed by atoms with van der Waals surface area (Å²) in [7, 11) is 0. The lowest BCUT2D eigenvalue weighted by Crippen LogP contribution is -2.42. The molecule has 0 radical (unpaired) electrons. The van der Waals surface area contributed by atoms with Gasteiger partial charge in [-0.2, -0.15) is 0 Å². The Hall–Kier alpha value is -2.71. The number of ether oxygens (including phenoxy) is 1. The standard InChI is InChI=1S/C14H18N4O5/c1-2-23-13(19)10-4-7-17(8-5-10)14(20)16-11-3-6-15-9-12(11)18(21)22/h3,6,9-10H,2,4-5,7-8H2,1H3,(H,15,16,20). The normalized spacial score (nSPS) is 15.1. The van der Waals surface area contributed by atoms with Crippen LogP contribution in [0.4, 0.5) is 16.2 Å². The minimum Gasteiger partial charge on any atom is -0.466 e. The minimum absolute atomic E-state index is 0.0996. The van der Waals surface area contributed by atoms with E-state index >= 15 is 0 Å². The van der Waals surface area contributed by atoms with Crippen LogP contribution < -0.4 is 5.32 Å². The first kappa shape index (κ1) is 16.7. The van der Waals surface area contributed by atoms with E-state index < -0.39 is 11.0 Å². The number of carbonyl (C=O) groups excluding carboxylic acids is 2. The minimum atomic E-state index is -0.602. The molecule has 0 aromatic carbocycles. The van der Waals surface area contributed by atoms with E-state index in [9.17, 15) is 19.7 Å². The summed E-state index contributed by atoms with van der Waals surface area (Å²) in [5, 5.41) is 13.4. The number of amides is 2. The third-order valence-electron chi connectivity index (χ3n) is 3.64. The maximum Gasteiger partial charge on any atom is 0.322 e. The zero-order valence-corrected chi connectivity index (χ0v) is 12.7. The number of nitro groups is 1. The quantitative estimate of drug-likeness (QED) is 0.513. The Morgan fingerprint density at radius 1 is 1.48 bits per heavy atom. The van der Waals surface area contributed by atoms with Crippen molar-refractivity contribution in [1.29, 1.82) is 0 Å². The largest absolute Gasteiger partial charge is 0.466 e. The number of pyridine rings is 1. The second-order valence-electron chi connectivity index (χ2n) is 5.09. The van der Waals surface area contributed by atoms with Crippen LogP contribution >= 0.6 is 0 Å². The first-order valence-electron chi connectivity index (χ1n) is 7.34. The van der Waals surface area contributed by atoms with Crippen molar-refractivity contribution >= 4 is 23.4 Å². The molecule has 9 nitrogen and oxygen atoms in total. The average molecular weight is 322 g/mol. The van der Waals surface area contributed by atoms with Gasteiger partial charge in [-0.3, -0.25) is 19.9 Å². The third kappa shape index (κ3) is 4.15. The lowest BCUT2D eigenvalue weighted by Gasteiger charge is -2.30. The number of nitrogens with zero attached hydrogens (tertiary/aromatic N) is 3. The maximum atomic E-state index is 12.2. The maximum absolute atomic E-state index is 12.2. The average Bonchev–Trinajstić information content (AvgIpc) is 2.55. The van der Waals surface area contributed by atoms with E-state index in [-0.39, 0.29) is 23.3 Å². The van der Waals surface area contributed by atoms with Crippen molar-refractivity contribution in [2.45, 2.75) is 19.8 Å². The van der Waals surface area contributed by atoms with Crippen LogP contribution in [0.25, 0.3) is 0 Å². The van der Waals surface area contributed by atoms with Gasteiger partial charge in [-0.15, -0.1) is 0 Å². The smallest absolute Gasteiger partial charge is 0.322 e. The van der Waals surface area contributed by atoms with Crippen molar-refractivity contribution in [3.8, 4) is 0 Å². The molecule has 1 aliphatic rings. The Bertz CT molecular complexity index is 599. The fourth-order valence-electron chi connectivity index (χ4n) is 2.41. The lowest BCUT2D eigenvalue weighted by atomic mass is 9.97. The summed E-state index contributed by atoms with van der Waals surface area (Å²) in [6.07, 6.45) is 3.49. The van der Waals surface area contributed by atoms with E-state index in [1.54, 1.807) is 6.92 Å². The number of nitrogens with one attached hydrogen (secondary N) is 1. The van der Waals surface area contributed by atoms with Gasteiger partial charge in [0, 0.05) is 19.3 Å². The molecular formula is C14H18N4O5. The summed E-state index contributed by atoms with van der Waals surface area (Å²) >= 11 is 0. The van der Waals surface area contributed by atoms with E-state index in [1.165, 1.54) is 17.2 Å². The Balaban J connectivity index is 1.93. The molecule has 9 heteroatoms. The molecule has 1 aliphatic heterocycles. The molecule has 0 saturated carbocycles. The van der Waals surface area contributed by atoms with Crippen molar-refractivity contribution in [2.24, 2.45) is 5.92 Å². The molecule has 23 heavy (non-hydrogen) atoms. The predicted octanol–water partition coefficient (Wildman–Crippen LogP) is 1.80.